The summed E-state index contributed by atoms with van der Waals surface area (Å²) >= 11 is 0. The van der Waals surface area contributed by atoms with E-state index in [0.29, 0.717) is 32.5 Å². The molecule has 0 unspecified atom stereocenters. The van der Waals surface area contributed by atoms with Gasteiger partial charge in [-0.25, -0.2) is 13.2 Å². The van der Waals surface area contributed by atoms with Crippen molar-refractivity contribution in [2.75, 3.05) is 32.5 Å². The molecule has 0 radical (unpaired) electrons. The van der Waals surface area contributed by atoms with Gasteiger partial charge in [0, 0.05) is 38.1 Å². The summed E-state index contributed by atoms with van der Waals surface area (Å²) in [6.07, 6.45) is 6.39. The number of sulfonamides is 1. The number of amides is 2. The van der Waals surface area contributed by atoms with Crippen LogP contribution in [0.3, 0.4) is 0 Å². The Kier molecular flexibility index (Phi) is 7.69. The molecule has 1 aliphatic heterocycles. The second-order valence-corrected chi connectivity index (χ2v) is 9.02. The maximum Gasteiger partial charge on any atom is 0.409 e. The van der Waals surface area contributed by atoms with Crippen molar-refractivity contribution in [3.8, 4) is 0 Å². The van der Waals surface area contributed by atoms with Crippen LogP contribution in [-0.4, -0.2) is 74.2 Å². The first-order chi connectivity index (χ1) is 12.3. The number of likely N-dealkylation sites (tertiary alicyclic amines) is 1. The average molecular weight is 390 g/mol. The van der Waals surface area contributed by atoms with E-state index in [1.54, 1.807) is 11.8 Å². The molecule has 0 aromatic heterocycles. The van der Waals surface area contributed by atoms with Crippen LogP contribution in [0.2, 0.25) is 0 Å². The molecule has 1 aliphatic carbocycles. The number of hydrogen-bond acceptors (Lipinski definition) is 5. The largest absolute Gasteiger partial charge is 0.450 e. The minimum absolute atomic E-state index is 0.0884. The first kappa shape index (κ1) is 21.0. The van der Waals surface area contributed by atoms with Crippen LogP contribution in [0.15, 0.2) is 0 Å². The van der Waals surface area contributed by atoms with E-state index in [9.17, 15) is 18.0 Å². The highest BCUT2D eigenvalue weighted by Crippen LogP contribution is 2.21. The molecular weight excluding hydrogens is 358 g/mol. The Labute approximate surface area is 156 Å². The number of hydrogen-bond donors (Lipinski definition) is 1. The molecule has 1 heterocycles. The maximum absolute atomic E-state index is 12.2. The Morgan fingerprint density at radius 3 is 2.31 bits per heavy atom. The van der Waals surface area contributed by atoms with Crippen LogP contribution >= 0.6 is 0 Å². The van der Waals surface area contributed by atoms with E-state index in [4.69, 9.17) is 4.74 Å². The monoisotopic (exact) mass is 389 g/mol. The number of ether oxygens (including phenoxy) is 1. The number of carbonyl (C=O) groups excluding carboxylic acids is 2. The highest BCUT2D eigenvalue weighted by atomic mass is 32.2. The highest BCUT2D eigenvalue weighted by Gasteiger charge is 2.32. The van der Waals surface area contributed by atoms with Crippen LogP contribution in [0.5, 0.6) is 0 Å². The summed E-state index contributed by atoms with van der Waals surface area (Å²) in [5, 5.41) is 2.99. The lowest BCUT2D eigenvalue weighted by Crippen LogP contribution is -2.49. The van der Waals surface area contributed by atoms with Gasteiger partial charge in [0.05, 0.1) is 12.9 Å². The SMILES string of the molecule is CCOC(=O)N1CCC(N(CCC(=O)NC2CCCC2)S(C)(=O)=O)CC1. The van der Waals surface area contributed by atoms with Crippen molar-refractivity contribution in [3.05, 3.63) is 0 Å². The van der Waals surface area contributed by atoms with Gasteiger partial charge in [0.2, 0.25) is 15.9 Å². The van der Waals surface area contributed by atoms with Crippen molar-refractivity contribution >= 4 is 22.0 Å². The Balaban J connectivity index is 1.85. The van der Waals surface area contributed by atoms with E-state index >= 15 is 0 Å². The smallest absolute Gasteiger partial charge is 0.409 e. The van der Waals surface area contributed by atoms with Crippen LogP contribution in [0, 0.1) is 0 Å². The summed E-state index contributed by atoms with van der Waals surface area (Å²) in [7, 11) is -3.42. The molecule has 0 bridgehead atoms. The summed E-state index contributed by atoms with van der Waals surface area (Å²) in [6, 6.07) is 0.0527. The molecule has 2 fully saturated rings. The molecule has 0 aromatic carbocycles. The molecule has 0 atom stereocenters. The summed E-state index contributed by atoms with van der Waals surface area (Å²) in [6.45, 7) is 3.19. The van der Waals surface area contributed by atoms with Gasteiger partial charge in [0.1, 0.15) is 0 Å². The molecule has 1 saturated heterocycles. The third-order valence-electron chi connectivity index (χ3n) is 5.10. The summed E-state index contributed by atoms with van der Waals surface area (Å²) in [5.74, 6) is -0.0884. The Morgan fingerprint density at radius 1 is 1.15 bits per heavy atom. The van der Waals surface area contributed by atoms with Gasteiger partial charge in [-0.15, -0.1) is 0 Å². The van der Waals surface area contributed by atoms with E-state index in [0.717, 1.165) is 25.7 Å². The Bertz CT molecular complexity index is 581. The molecule has 9 heteroatoms. The first-order valence-electron chi connectivity index (χ1n) is 9.49. The second-order valence-electron chi connectivity index (χ2n) is 7.09. The van der Waals surface area contributed by atoms with Crippen LogP contribution in [0.1, 0.15) is 51.9 Å². The molecule has 2 rings (SSSR count). The van der Waals surface area contributed by atoms with Crippen LogP contribution in [0.4, 0.5) is 4.79 Å². The van der Waals surface area contributed by atoms with Crippen molar-refractivity contribution in [3.63, 3.8) is 0 Å². The van der Waals surface area contributed by atoms with Gasteiger partial charge < -0.3 is 15.0 Å². The molecule has 1 saturated carbocycles. The molecule has 0 spiro atoms. The van der Waals surface area contributed by atoms with Gasteiger partial charge in [-0.1, -0.05) is 12.8 Å². The zero-order valence-corrected chi connectivity index (χ0v) is 16.6. The van der Waals surface area contributed by atoms with E-state index in [-0.39, 0.29) is 37.0 Å². The van der Waals surface area contributed by atoms with Gasteiger partial charge in [-0.05, 0) is 32.6 Å². The predicted molar refractivity (Wildman–Crippen MR) is 98.2 cm³/mol. The molecule has 0 aromatic rings. The van der Waals surface area contributed by atoms with Crippen molar-refractivity contribution in [2.45, 2.75) is 64.0 Å². The van der Waals surface area contributed by atoms with Crippen molar-refractivity contribution in [1.82, 2.24) is 14.5 Å². The molecule has 150 valence electrons. The lowest BCUT2D eigenvalue weighted by molar-refractivity contribution is -0.121. The van der Waals surface area contributed by atoms with E-state index in [2.05, 4.69) is 5.32 Å². The summed E-state index contributed by atoms with van der Waals surface area (Å²) < 4.78 is 30.8. The van der Waals surface area contributed by atoms with Crippen molar-refractivity contribution in [1.29, 1.82) is 0 Å². The van der Waals surface area contributed by atoms with Gasteiger partial charge in [0.15, 0.2) is 0 Å². The number of nitrogens with one attached hydrogen (secondary N) is 1. The minimum atomic E-state index is -3.42. The zero-order chi connectivity index (χ0) is 19.2. The molecule has 2 aliphatic rings. The first-order valence-corrected chi connectivity index (χ1v) is 11.3. The molecule has 8 nitrogen and oxygen atoms in total. The van der Waals surface area contributed by atoms with E-state index < -0.39 is 10.0 Å². The molecule has 26 heavy (non-hydrogen) atoms. The lowest BCUT2D eigenvalue weighted by Gasteiger charge is -2.36. The summed E-state index contributed by atoms with van der Waals surface area (Å²) in [4.78, 5) is 25.5. The second kappa shape index (κ2) is 9.55. The van der Waals surface area contributed by atoms with Gasteiger partial charge in [0.25, 0.3) is 0 Å². The fraction of sp³-hybridized carbons (Fsp3) is 0.882. The fourth-order valence-corrected chi connectivity index (χ4v) is 4.93. The molecule has 2 amide bonds. The lowest BCUT2D eigenvalue weighted by atomic mass is 10.1. The van der Waals surface area contributed by atoms with Crippen molar-refractivity contribution in [2.24, 2.45) is 0 Å². The van der Waals surface area contributed by atoms with Crippen LogP contribution in [0.25, 0.3) is 0 Å². The third kappa shape index (κ3) is 6.12. The maximum atomic E-state index is 12.2. The normalized spacial score (nSPS) is 19.7. The molecule has 1 N–H and O–H groups in total. The average Bonchev–Trinajstić information content (AvgIpc) is 3.07. The van der Waals surface area contributed by atoms with E-state index in [1.807, 2.05) is 0 Å². The highest BCUT2D eigenvalue weighted by molar-refractivity contribution is 7.88. The summed E-state index contributed by atoms with van der Waals surface area (Å²) in [5.41, 5.74) is 0. The quantitative estimate of drug-likeness (QED) is 0.708. The van der Waals surface area contributed by atoms with Crippen molar-refractivity contribution < 1.29 is 22.7 Å². The number of carbonyl (C=O) groups is 2. The van der Waals surface area contributed by atoms with Crippen LogP contribution < -0.4 is 5.32 Å². The Morgan fingerprint density at radius 2 is 1.77 bits per heavy atom. The number of rotatable bonds is 7. The number of piperidine rings is 1. The third-order valence-corrected chi connectivity index (χ3v) is 6.44. The minimum Gasteiger partial charge on any atom is -0.450 e. The van der Waals surface area contributed by atoms with Gasteiger partial charge in [-0.3, -0.25) is 4.79 Å². The predicted octanol–water partition coefficient (Wildman–Crippen LogP) is 1.32. The standard InChI is InChI=1S/C17H31N3O5S/c1-3-25-17(22)19-11-8-15(9-12-19)20(26(2,23)24)13-10-16(21)18-14-6-4-5-7-14/h14-15H,3-13H2,1-2H3,(H,18,21). The van der Waals surface area contributed by atoms with Crippen LogP contribution in [-0.2, 0) is 19.6 Å². The fourth-order valence-electron chi connectivity index (χ4n) is 3.75. The van der Waals surface area contributed by atoms with Gasteiger partial charge >= 0.3 is 6.09 Å². The zero-order valence-electron chi connectivity index (χ0n) is 15.8. The van der Waals surface area contributed by atoms with E-state index in [1.165, 1.54) is 10.6 Å². The van der Waals surface area contributed by atoms with Gasteiger partial charge in [-0.2, -0.15) is 4.31 Å². The number of nitrogens with zero attached hydrogens (tertiary/aromatic N) is 2. The topological polar surface area (TPSA) is 96.0 Å². The molecular formula is C17H31N3O5S. The Hall–Kier alpha value is -1.35.